The number of aliphatic hydroxyl groups excluding tert-OH is 1. The molecule has 3 heterocycles. The second-order valence-corrected chi connectivity index (χ2v) is 6.70. The molecule has 4 N–H and O–H groups in total. The third kappa shape index (κ3) is 2.95. The number of nitrogens with one attached hydrogen (secondary N) is 1. The van der Waals surface area contributed by atoms with Crippen molar-refractivity contribution in [1.29, 1.82) is 0 Å². The van der Waals surface area contributed by atoms with Crippen LogP contribution in [0.4, 0.5) is 11.8 Å². The number of hydrogen-bond donors (Lipinski definition) is 3. The van der Waals surface area contributed by atoms with Crippen molar-refractivity contribution >= 4 is 11.8 Å². The molecular formula is C18H23N5O. The van der Waals surface area contributed by atoms with Crippen LogP contribution in [0.5, 0.6) is 0 Å². The number of rotatable bonds is 3. The van der Waals surface area contributed by atoms with Crippen LogP contribution in [0.25, 0.3) is 11.3 Å². The van der Waals surface area contributed by atoms with Crippen molar-refractivity contribution in [2.75, 3.05) is 30.3 Å². The summed E-state index contributed by atoms with van der Waals surface area (Å²) in [4.78, 5) is 11.2. The molecule has 2 unspecified atom stereocenters. The average molecular weight is 325 g/mol. The minimum Gasteiger partial charge on any atom is -0.392 e. The van der Waals surface area contributed by atoms with Gasteiger partial charge in [0.1, 0.15) is 5.82 Å². The van der Waals surface area contributed by atoms with Crippen molar-refractivity contribution in [2.45, 2.75) is 25.5 Å². The van der Waals surface area contributed by atoms with Gasteiger partial charge in [0.15, 0.2) is 0 Å². The molecular weight excluding hydrogens is 302 g/mol. The monoisotopic (exact) mass is 325 g/mol. The molecule has 0 bridgehead atoms. The predicted molar refractivity (Wildman–Crippen MR) is 94.5 cm³/mol. The molecule has 2 saturated heterocycles. The standard InChI is InChI=1S/C18H23N5O/c19-18-21-15(13-4-1-3-12(7-13)11-24)8-17(22-18)23-9-14-5-2-6-20-16(14)10-23/h1,3-4,7-8,14,16,20,24H,2,5-6,9-11H2,(H2,19,21,22). The Bertz CT molecular complexity index is 721. The number of nitrogen functional groups attached to an aromatic ring is 1. The van der Waals surface area contributed by atoms with Gasteiger partial charge in [0.05, 0.1) is 12.3 Å². The molecule has 6 heteroatoms. The molecule has 4 rings (SSSR count). The molecule has 0 spiro atoms. The quantitative estimate of drug-likeness (QED) is 0.791. The second-order valence-electron chi connectivity index (χ2n) is 6.70. The van der Waals surface area contributed by atoms with Gasteiger partial charge in [-0.2, -0.15) is 4.98 Å². The van der Waals surface area contributed by atoms with Crippen LogP contribution in [0.3, 0.4) is 0 Å². The number of anilines is 2. The average Bonchev–Trinajstić information content (AvgIpc) is 3.05. The van der Waals surface area contributed by atoms with E-state index in [1.807, 2.05) is 30.3 Å². The van der Waals surface area contributed by atoms with Crippen molar-refractivity contribution < 1.29 is 5.11 Å². The summed E-state index contributed by atoms with van der Waals surface area (Å²) in [7, 11) is 0. The molecule has 0 saturated carbocycles. The maximum Gasteiger partial charge on any atom is 0.222 e. The summed E-state index contributed by atoms with van der Waals surface area (Å²) in [5, 5.41) is 12.9. The van der Waals surface area contributed by atoms with Gasteiger partial charge in [-0.3, -0.25) is 0 Å². The number of hydrogen-bond acceptors (Lipinski definition) is 6. The fourth-order valence-electron chi connectivity index (χ4n) is 3.83. The van der Waals surface area contributed by atoms with Gasteiger partial charge in [0.25, 0.3) is 0 Å². The number of benzene rings is 1. The Morgan fingerprint density at radius 3 is 3.00 bits per heavy atom. The van der Waals surface area contributed by atoms with Crippen LogP contribution < -0.4 is 16.0 Å². The lowest BCUT2D eigenvalue weighted by Gasteiger charge is -2.24. The van der Waals surface area contributed by atoms with Crippen molar-refractivity contribution in [1.82, 2.24) is 15.3 Å². The summed E-state index contributed by atoms with van der Waals surface area (Å²) in [5.41, 5.74) is 8.58. The minimum atomic E-state index is 0.0163. The summed E-state index contributed by atoms with van der Waals surface area (Å²) in [6.45, 7) is 3.12. The number of fused-ring (bicyclic) bond motifs is 1. The van der Waals surface area contributed by atoms with E-state index in [4.69, 9.17) is 5.73 Å². The van der Waals surface area contributed by atoms with Gasteiger partial charge in [0, 0.05) is 30.8 Å². The normalized spacial score (nSPS) is 23.3. The van der Waals surface area contributed by atoms with E-state index in [1.54, 1.807) is 0 Å². The number of piperidine rings is 1. The number of nitrogens with zero attached hydrogens (tertiary/aromatic N) is 3. The third-order valence-electron chi connectivity index (χ3n) is 5.06. The maximum atomic E-state index is 9.34. The third-order valence-corrected chi connectivity index (χ3v) is 5.06. The summed E-state index contributed by atoms with van der Waals surface area (Å²) in [5.74, 6) is 1.87. The topological polar surface area (TPSA) is 87.3 Å². The highest BCUT2D eigenvalue weighted by molar-refractivity contribution is 5.65. The maximum absolute atomic E-state index is 9.34. The molecule has 2 aliphatic rings. The smallest absolute Gasteiger partial charge is 0.222 e. The Morgan fingerprint density at radius 2 is 2.17 bits per heavy atom. The highest BCUT2D eigenvalue weighted by atomic mass is 16.3. The lowest BCUT2D eigenvalue weighted by Crippen LogP contribution is -2.40. The predicted octanol–water partition coefficient (Wildman–Crippen LogP) is 1.41. The molecule has 0 aliphatic carbocycles. The lowest BCUT2D eigenvalue weighted by molar-refractivity contribution is 0.282. The molecule has 1 aromatic heterocycles. The SMILES string of the molecule is Nc1nc(-c2cccc(CO)c2)cc(N2CC3CCCNC3C2)n1. The van der Waals surface area contributed by atoms with Gasteiger partial charge in [0.2, 0.25) is 5.95 Å². The van der Waals surface area contributed by atoms with E-state index in [0.717, 1.165) is 42.3 Å². The molecule has 2 fully saturated rings. The largest absolute Gasteiger partial charge is 0.392 e. The molecule has 6 nitrogen and oxygen atoms in total. The van der Waals surface area contributed by atoms with Gasteiger partial charge >= 0.3 is 0 Å². The van der Waals surface area contributed by atoms with Crippen LogP contribution in [-0.4, -0.2) is 40.8 Å². The fourth-order valence-corrected chi connectivity index (χ4v) is 3.83. The summed E-state index contributed by atoms with van der Waals surface area (Å²) < 4.78 is 0. The molecule has 2 aromatic rings. The lowest BCUT2D eigenvalue weighted by atomic mass is 9.94. The molecule has 2 aliphatic heterocycles. The fraction of sp³-hybridized carbons (Fsp3) is 0.444. The molecule has 126 valence electrons. The van der Waals surface area contributed by atoms with E-state index in [1.165, 1.54) is 12.8 Å². The Labute approximate surface area is 141 Å². The van der Waals surface area contributed by atoms with E-state index in [0.29, 0.717) is 17.9 Å². The van der Waals surface area contributed by atoms with E-state index in [-0.39, 0.29) is 6.61 Å². The minimum absolute atomic E-state index is 0.0163. The molecule has 2 atom stereocenters. The van der Waals surface area contributed by atoms with Crippen LogP contribution in [0.2, 0.25) is 0 Å². The highest BCUT2D eigenvalue weighted by Gasteiger charge is 2.35. The zero-order chi connectivity index (χ0) is 16.5. The first-order chi connectivity index (χ1) is 11.7. The Balaban J connectivity index is 1.64. The van der Waals surface area contributed by atoms with Gasteiger partial charge in [-0.1, -0.05) is 18.2 Å². The molecule has 0 radical (unpaired) electrons. The molecule has 0 amide bonds. The van der Waals surface area contributed by atoms with E-state index < -0.39 is 0 Å². The Morgan fingerprint density at radius 1 is 1.25 bits per heavy atom. The number of nitrogens with two attached hydrogens (primary N) is 1. The number of aromatic nitrogens is 2. The van der Waals surface area contributed by atoms with Crippen LogP contribution in [0.1, 0.15) is 18.4 Å². The summed E-state index contributed by atoms with van der Waals surface area (Å²) >= 11 is 0. The Hall–Kier alpha value is -2.18. The van der Waals surface area contributed by atoms with Gasteiger partial charge < -0.3 is 21.1 Å². The van der Waals surface area contributed by atoms with Crippen LogP contribution >= 0.6 is 0 Å². The van der Waals surface area contributed by atoms with E-state index >= 15 is 0 Å². The molecule has 1 aromatic carbocycles. The van der Waals surface area contributed by atoms with Crippen molar-refractivity contribution in [3.8, 4) is 11.3 Å². The van der Waals surface area contributed by atoms with E-state index in [2.05, 4.69) is 20.2 Å². The van der Waals surface area contributed by atoms with Crippen molar-refractivity contribution in [3.05, 3.63) is 35.9 Å². The highest BCUT2D eigenvalue weighted by Crippen LogP contribution is 2.30. The summed E-state index contributed by atoms with van der Waals surface area (Å²) in [6.07, 6.45) is 2.53. The zero-order valence-electron chi connectivity index (χ0n) is 13.7. The van der Waals surface area contributed by atoms with Crippen LogP contribution in [0.15, 0.2) is 30.3 Å². The first-order valence-electron chi connectivity index (χ1n) is 8.56. The first-order valence-corrected chi connectivity index (χ1v) is 8.56. The van der Waals surface area contributed by atoms with Gasteiger partial charge in [-0.05, 0) is 36.9 Å². The van der Waals surface area contributed by atoms with Gasteiger partial charge in [-0.25, -0.2) is 4.98 Å². The van der Waals surface area contributed by atoms with Crippen molar-refractivity contribution in [3.63, 3.8) is 0 Å². The first kappa shape index (κ1) is 15.4. The number of aliphatic hydroxyl groups is 1. The second kappa shape index (κ2) is 6.37. The molecule has 24 heavy (non-hydrogen) atoms. The van der Waals surface area contributed by atoms with Crippen molar-refractivity contribution in [2.24, 2.45) is 5.92 Å². The Kier molecular flexibility index (Phi) is 4.08. The van der Waals surface area contributed by atoms with Crippen LogP contribution in [0, 0.1) is 5.92 Å². The van der Waals surface area contributed by atoms with E-state index in [9.17, 15) is 5.11 Å². The summed E-state index contributed by atoms with van der Waals surface area (Å²) in [6, 6.07) is 10.3. The van der Waals surface area contributed by atoms with Crippen LogP contribution in [-0.2, 0) is 6.61 Å². The zero-order valence-corrected chi connectivity index (χ0v) is 13.7. The van der Waals surface area contributed by atoms with Gasteiger partial charge in [-0.15, -0.1) is 0 Å².